The Hall–Kier alpha value is -4.24. The van der Waals surface area contributed by atoms with E-state index in [0.29, 0.717) is 32.1 Å². The van der Waals surface area contributed by atoms with Gasteiger partial charge in [-0.05, 0) is 35.9 Å². The molecule has 1 fully saturated rings. The van der Waals surface area contributed by atoms with Gasteiger partial charge in [-0.15, -0.1) is 5.10 Å². The number of anilines is 4. The Balaban J connectivity index is 1.27. The van der Waals surface area contributed by atoms with Crippen LogP contribution in [0.3, 0.4) is 0 Å². The molecule has 2 aromatic carbocycles. The summed E-state index contributed by atoms with van der Waals surface area (Å²) in [5, 5.41) is 11.7. The first-order chi connectivity index (χ1) is 17.8. The number of fused-ring (bicyclic) bond motifs is 1. The second-order valence-electron chi connectivity index (χ2n) is 8.80. The van der Waals surface area contributed by atoms with E-state index < -0.39 is 6.04 Å². The number of pyridine rings is 1. The summed E-state index contributed by atoms with van der Waals surface area (Å²) in [6.07, 6.45) is 2.08. The van der Waals surface area contributed by atoms with Crippen LogP contribution in [-0.2, 0) is 16.0 Å². The van der Waals surface area contributed by atoms with E-state index in [0.717, 1.165) is 41.4 Å². The van der Waals surface area contributed by atoms with Crippen molar-refractivity contribution in [2.24, 2.45) is 0 Å². The first kappa shape index (κ1) is 22.2. The molecule has 4 heterocycles. The maximum atomic E-state index is 13.3. The molecule has 1 N–H and O–H groups in total. The Bertz CT molecular complexity index is 1350. The average Bonchev–Trinajstić information content (AvgIpc) is 3.35. The van der Waals surface area contributed by atoms with Gasteiger partial charge in [-0.1, -0.05) is 41.5 Å². The Kier molecular flexibility index (Phi) is 6.05. The van der Waals surface area contributed by atoms with E-state index in [1.54, 1.807) is 6.20 Å². The van der Waals surface area contributed by atoms with Crippen LogP contribution in [0.25, 0.3) is 11.5 Å². The van der Waals surface area contributed by atoms with Crippen molar-refractivity contribution < 1.29 is 13.9 Å². The van der Waals surface area contributed by atoms with Gasteiger partial charge >= 0.3 is 6.01 Å². The lowest BCUT2D eigenvalue weighted by Crippen LogP contribution is -2.39. The van der Waals surface area contributed by atoms with Crippen molar-refractivity contribution in [2.45, 2.75) is 12.5 Å². The van der Waals surface area contributed by atoms with Crippen LogP contribution in [0.1, 0.15) is 5.56 Å². The molecule has 182 valence electrons. The fourth-order valence-electron chi connectivity index (χ4n) is 4.73. The molecule has 1 saturated heterocycles. The summed E-state index contributed by atoms with van der Waals surface area (Å²) in [7, 11) is 0. The summed E-state index contributed by atoms with van der Waals surface area (Å²) in [6, 6.07) is 21.5. The average molecular weight is 483 g/mol. The van der Waals surface area contributed by atoms with E-state index in [9.17, 15) is 4.79 Å². The summed E-state index contributed by atoms with van der Waals surface area (Å²) in [5.41, 5.74) is 3.79. The lowest BCUT2D eigenvalue weighted by molar-refractivity contribution is -0.118. The smallest absolute Gasteiger partial charge is 0.316 e. The zero-order valence-corrected chi connectivity index (χ0v) is 19.7. The highest BCUT2D eigenvalue weighted by Crippen LogP contribution is 2.33. The molecule has 9 heteroatoms. The monoisotopic (exact) mass is 482 g/mol. The highest BCUT2D eigenvalue weighted by Gasteiger charge is 2.30. The molecule has 0 aliphatic carbocycles. The first-order valence-electron chi connectivity index (χ1n) is 12.1. The zero-order valence-electron chi connectivity index (χ0n) is 19.7. The molecule has 2 aliphatic rings. The van der Waals surface area contributed by atoms with Gasteiger partial charge in [0.25, 0.3) is 5.89 Å². The molecule has 2 aromatic heterocycles. The van der Waals surface area contributed by atoms with Gasteiger partial charge in [-0.25, -0.2) is 4.98 Å². The molecule has 6 rings (SSSR count). The largest absolute Gasteiger partial charge is 0.403 e. The number of ether oxygens (including phenoxy) is 1. The van der Waals surface area contributed by atoms with Crippen molar-refractivity contribution >= 4 is 29.0 Å². The standard InChI is InChI=1S/C27H26N6O3/c34-24-17-19-7-4-5-11-23(19)33(20-8-2-1-3-9-20)18-22(24)29-27-31-30-26(36-27)21-10-6-12-28-25(21)32-13-15-35-16-14-32/h1-12,22H,13-18H2,(H,29,31)/t22-/m0/s1. The SMILES string of the molecule is O=C1Cc2ccccc2N(c2ccccc2)C[C@@H]1Nc1nnc(-c2cccnc2N2CCOCC2)o1. The molecule has 1 atom stereocenters. The maximum Gasteiger partial charge on any atom is 0.316 e. The van der Waals surface area contributed by atoms with Crippen molar-refractivity contribution in [2.75, 3.05) is 48.0 Å². The Morgan fingerprint density at radius 2 is 1.72 bits per heavy atom. The van der Waals surface area contributed by atoms with E-state index in [2.05, 4.69) is 36.4 Å². The molecule has 0 bridgehead atoms. The second kappa shape index (κ2) is 9.79. The topological polar surface area (TPSA) is 96.6 Å². The zero-order chi connectivity index (χ0) is 24.3. The number of carbonyl (C=O) groups is 1. The van der Waals surface area contributed by atoms with Crippen LogP contribution < -0.4 is 15.1 Å². The van der Waals surface area contributed by atoms with Gasteiger partial charge in [-0.2, -0.15) is 0 Å². The highest BCUT2D eigenvalue weighted by molar-refractivity contribution is 5.92. The Morgan fingerprint density at radius 1 is 0.917 bits per heavy atom. The minimum absolute atomic E-state index is 0.0658. The van der Waals surface area contributed by atoms with Gasteiger partial charge in [0.2, 0.25) is 0 Å². The summed E-state index contributed by atoms with van der Waals surface area (Å²) < 4.78 is 11.5. The fraction of sp³-hybridized carbons (Fsp3) is 0.259. The van der Waals surface area contributed by atoms with Crippen LogP contribution in [-0.4, -0.2) is 59.9 Å². The van der Waals surface area contributed by atoms with E-state index in [4.69, 9.17) is 9.15 Å². The number of benzene rings is 2. The third kappa shape index (κ3) is 4.40. The van der Waals surface area contributed by atoms with Crippen LogP contribution in [0, 0.1) is 0 Å². The highest BCUT2D eigenvalue weighted by atomic mass is 16.5. The van der Waals surface area contributed by atoms with Gasteiger partial charge in [-0.3, -0.25) is 4.79 Å². The molecule has 0 spiro atoms. The Labute approximate surface area is 208 Å². The predicted molar refractivity (Wildman–Crippen MR) is 137 cm³/mol. The Morgan fingerprint density at radius 3 is 2.58 bits per heavy atom. The molecular formula is C27H26N6O3. The van der Waals surface area contributed by atoms with Crippen molar-refractivity contribution in [3.63, 3.8) is 0 Å². The van der Waals surface area contributed by atoms with Gasteiger partial charge in [0, 0.05) is 37.1 Å². The minimum Gasteiger partial charge on any atom is -0.403 e. The fourth-order valence-corrected chi connectivity index (χ4v) is 4.73. The van der Waals surface area contributed by atoms with Gasteiger partial charge in [0.15, 0.2) is 5.78 Å². The number of hydrogen-bond acceptors (Lipinski definition) is 9. The lowest BCUT2D eigenvalue weighted by Gasteiger charge is -2.28. The van der Waals surface area contributed by atoms with Crippen LogP contribution in [0.15, 0.2) is 77.3 Å². The van der Waals surface area contributed by atoms with Crippen molar-refractivity contribution in [1.82, 2.24) is 15.2 Å². The molecule has 4 aromatic rings. The van der Waals surface area contributed by atoms with E-state index >= 15 is 0 Å². The van der Waals surface area contributed by atoms with Crippen molar-refractivity contribution in [1.29, 1.82) is 0 Å². The van der Waals surface area contributed by atoms with Gasteiger partial charge in [0.05, 0.1) is 25.3 Å². The number of rotatable bonds is 5. The molecular weight excluding hydrogens is 456 g/mol. The molecule has 0 saturated carbocycles. The lowest BCUT2D eigenvalue weighted by atomic mass is 10.0. The summed E-state index contributed by atoms with van der Waals surface area (Å²) in [6.45, 7) is 3.22. The van der Waals surface area contributed by atoms with E-state index in [-0.39, 0.29) is 11.8 Å². The first-order valence-corrected chi connectivity index (χ1v) is 12.1. The maximum absolute atomic E-state index is 13.3. The van der Waals surface area contributed by atoms with Gasteiger partial charge < -0.3 is 24.3 Å². The normalized spacial score (nSPS) is 18.0. The van der Waals surface area contributed by atoms with Crippen molar-refractivity contribution in [3.05, 3.63) is 78.5 Å². The molecule has 0 unspecified atom stereocenters. The predicted octanol–water partition coefficient (Wildman–Crippen LogP) is 3.71. The number of ketones is 1. The number of aromatic nitrogens is 3. The minimum atomic E-state index is -0.529. The van der Waals surface area contributed by atoms with E-state index in [1.807, 2.05) is 60.7 Å². The number of Topliss-reactive ketones (excluding diaryl/α,β-unsaturated/α-hetero) is 1. The second-order valence-corrected chi connectivity index (χ2v) is 8.80. The summed E-state index contributed by atoms with van der Waals surface area (Å²) >= 11 is 0. The van der Waals surface area contributed by atoms with Crippen LogP contribution in [0.4, 0.5) is 23.2 Å². The van der Waals surface area contributed by atoms with Crippen LogP contribution in [0.2, 0.25) is 0 Å². The summed E-state index contributed by atoms with van der Waals surface area (Å²) in [5.74, 6) is 1.21. The van der Waals surface area contributed by atoms with Crippen LogP contribution >= 0.6 is 0 Å². The summed E-state index contributed by atoms with van der Waals surface area (Å²) in [4.78, 5) is 22.2. The molecule has 36 heavy (non-hydrogen) atoms. The third-order valence-corrected chi connectivity index (χ3v) is 6.52. The molecule has 2 aliphatic heterocycles. The number of carbonyl (C=O) groups excluding carboxylic acids is 1. The van der Waals surface area contributed by atoms with Crippen molar-refractivity contribution in [3.8, 4) is 11.5 Å². The van der Waals surface area contributed by atoms with E-state index in [1.165, 1.54) is 0 Å². The number of hydrogen-bond donors (Lipinski definition) is 1. The molecule has 0 radical (unpaired) electrons. The molecule has 9 nitrogen and oxygen atoms in total. The van der Waals surface area contributed by atoms with Crippen LogP contribution in [0.5, 0.6) is 0 Å². The third-order valence-electron chi connectivity index (χ3n) is 6.52. The molecule has 0 amide bonds. The number of nitrogens with zero attached hydrogens (tertiary/aromatic N) is 5. The van der Waals surface area contributed by atoms with Gasteiger partial charge in [0.1, 0.15) is 11.9 Å². The number of nitrogens with one attached hydrogen (secondary N) is 1. The number of morpholine rings is 1. The number of para-hydroxylation sites is 2. The quantitative estimate of drug-likeness (QED) is 0.457.